The van der Waals surface area contributed by atoms with E-state index in [1.807, 2.05) is 59.9 Å². The molecule has 0 radical (unpaired) electrons. The molecular weight excluding hydrogens is 344 g/mol. The molecule has 0 spiro atoms. The van der Waals surface area contributed by atoms with Crippen molar-refractivity contribution >= 4 is 30.1 Å². The van der Waals surface area contributed by atoms with Crippen LogP contribution in [0.25, 0.3) is 5.69 Å². The van der Waals surface area contributed by atoms with Gasteiger partial charge in [-0.25, -0.2) is 4.68 Å². The third-order valence-electron chi connectivity index (χ3n) is 3.96. The second kappa shape index (κ2) is 9.11. The zero-order valence-electron chi connectivity index (χ0n) is 13.6. The number of rotatable bonds is 5. The number of carbonyl (C=O) groups is 1. The van der Waals surface area contributed by atoms with Gasteiger partial charge in [0, 0.05) is 42.9 Å². The molecule has 2 unspecified atom stereocenters. The van der Waals surface area contributed by atoms with E-state index in [-0.39, 0.29) is 30.4 Å². The van der Waals surface area contributed by atoms with Crippen LogP contribution < -0.4 is 10.6 Å². The molecule has 0 saturated carbocycles. The fourth-order valence-electron chi connectivity index (χ4n) is 2.83. The highest BCUT2D eigenvalue weighted by atomic mass is 35.5. The van der Waals surface area contributed by atoms with E-state index in [4.69, 9.17) is 0 Å². The Kier molecular flexibility index (Phi) is 7.15. The summed E-state index contributed by atoms with van der Waals surface area (Å²) in [6.45, 7) is 3.00. The Labute approximate surface area is 153 Å². The van der Waals surface area contributed by atoms with Crippen LogP contribution in [0.5, 0.6) is 0 Å². The van der Waals surface area contributed by atoms with E-state index in [1.165, 1.54) is 0 Å². The number of hydrogen-bond donors (Lipinski definition) is 2. The van der Waals surface area contributed by atoms with Gasteiger partial charge in [0.2, 0.25) is 5.91 Å². The average Bonchev–Trinajstić information content (AvgIpc) is 3.10. The van der Waals surface area contributed by atoms with Crippen LogP contribution in [0.1, 0.15) is 24.9 Å². The summed E-state index contributed by atoms with van der Waals surface area (Å²) in [7, 11) is 0. The molecule has 0 aliphatic carbocycles. The van der Waals surface area contributed by atoms with Crippen LogP contribution in [-0.2, 0) is 4.79 Å². The first-order chi connectivity index (χ1) is 11.2. The van der Waals surface area contributed by atoms with Gasteiger partial charge in [0.25, 0.3) is 0 Å². The van der Waals surface area contributed by atoms with E-state index in [1.54, 1.807) is 6.20 Å². The molecule has 1 aromatic carbocycles. The molecular formula is C17H23ClN4OS. The molecule has 24 heavy (non-hydrogen) atoms. The normalized spacial score (nSPS) is 18.5. The van der Waals surface area contributed by atoms with Gasteiger partial charge < -0.3 is 10.6 Å². The van der Waals surface area contributed by atoms with Crippen LogP contribution >= 0.6 is 24.2 Å². The summed E-state index contributed by atoms with van der Waals surface area (Å²) < 4.78 is 1.83. The van der Waals surface area contributed by atoms with Crippen molar-refractivity contribution in [2.45, 2.75) is 25.4 Å². The maximum absolute atomic E-state index is 12.3. The third kappa shape index (κ3) is 4.75. The number of thioether (sulfide) groups is 1. The van der Waals surface area contributed by atoms with E-state index in [0.717, 1.165) is 29.3 Å². The molecule has 1 aliphatic rings. The van der Waals surface area contributed by atoms with Gasteiger partial charge in [-0.05, 0) is 24.6 Å². The first-order valence-electron chi connectivity index (χ1n) is 7.93. The summed E-state index contributed by atoms with van der Waals surface area (Å²) in [5.41, 5.74) is 2.06. The number of amides is 1. The maximum Gasteiger partial charge on any atom is 0.222 e. The lowest BCUT2D eigenvalue weighted by Gasteiger charge is -2.24. The number of carbonyl (C=O) groups excluding carboxylic acids is 1. The van der Waals surface area contributed by atoms with Gasteiger partial charge in [-0.1, -0.05) is 18.2 Å². The Morgan fingerprint density at radius 2 is 2.29 bits per heavy atom. The lowest BCUT2D eigenvalue weighted by atomic mass is 10.1. The minimum Gasteiger partial charge on any atom is -0.349 e. The summed E-state index contributed by atoms with van der Waals surface area (Å²) >= 11 is 1.91. The Morgan fingerprint density at radius 3 is 3.00 bits per heavy atom. The molecule has 130 valence electrons. The van der Waals surface area contributed by atoms with Crippen LogP contribution in [0.3, 0.4) is 0 Å². The van der Waals surface area contributed by atoms with Gasteiger partial charge in [0.15, 0.2) is 0 Å². The molecule has 1 saturated heterocycles. The van der Waals surface area contributed by atoms with Crippen molar-refractivity contribution in [1.29, 1.82) is 0 Å². The SMILES string of the molecule is CC(NC(=O)CC1CSCCN1)c1ccccc1-n1cccn1.Cl. The van der Waals surface area contributed by atoms with Crippen LogP contribution in [0.15, 0.2) is 42.7 Å². The molecule has 1 amide bonds. The van der Waals surface area contributed by atoms with E-state index in [0.29, 0.717) is 6.42 Å². The number of hydrogen-bond acceptors (Lipinski definition) is 4. The zero-order chi connectivity index (χ0) is 16.1. The van der Waals surface area contributed by atoms with Gasteiger partial charge in [0.1, 0.15) is 0 Å². The van der Waals surface area contributed by atoms with Crippen LogP contribution in [0.2, 0.25) is 0 Å². The van der Waals surface area contributed by atoms with Crippen molar-refractivity contribution in [2.24, 2.45) is 0 Å². The summed E-state index contributed by atoms with van der Waals surface area (Å²) in [5, 5.41) is 10.8. The minimum atomic E-state index is -0.0563. The largest absolute Gasteiger partial charge is 0.349 e. The number of halogens is 1. The number of para-hydroxylation sites is 1. The van der Waals surface area contributed by atoms with Gasteiger partial charge in [-0.2, -0.15) is 16.9 Å². The molecule has 0 bridgehead atoms. The van der Waals surface area contributed by atoms with Gasteiger partial charge >= 0.3 is 0 Å². The minimum absolute atomic E-state index is 0. The second-order valence-corrected chi connectivity index (χ2v) is 6.88. The second-order valence-electron chi connectivity index (χ2n) is 5.73. The van der Waals surface area contributed by atoms with E-state index < -0.39 is 0 Å². The lowest BCUT2D eigenvalue weighted by Crippen LogP contribution is -2.41. The predicted molar refractivity (Wildman–Crippen MR) is 101 cm³/mol. The van der Waals surface area contributed by atoms with Crippen molar-refractivity contribution in [2.75, 3.05) is 18.1 Å². The van der Waals surface area contributed by atoms with Crippen molar-refractivity contribution in [1.82, 2.24) is 20.4 Å². The van der Waals surface area contributed by atoms with Crippen molar-refractivity contribution in [3.63, 3.8) is 0 Å². The molecule has 2 N–H and O–H groups in total. The smallest absolute Gasteiger partial charge is 0.222 e. The summed E-state index contributed by atoms with van der Waals surface area (Å²) in [6, 6.07) is 10.2. The average molecular weight is 367 g/mol. The molecule has 2 heterocycles. The Balaban J connectivity index is 0.00000208. The Bertz CT molecular complexity index is 644. The number of nitrogens with zero attached hydrogens (tertiary/aromatic N) is 2. The highest BCUT2D eigenvalue weighted by Crippen LogP contribution is 2.21. The molecule has 1 fully saturated rings. The maximum atomic E-state index is 12.3. The fraction of sp³-hybridized carbons (Fsp3) is 0.412. The molecule has 7 heteroatoms. The van der Waals surface area contributed by atoms with Crippen molar-refractivity contribution < 1.29 is 4.79 Å². The van der Waals surface area contributed by atoms with Crippen LogP contribution in [0, 0.1) is 0 Å². The van der Waals surface area contributed by atoms with E-state index >= 15 is 0 Å². The van der Waals surface area contributed by atoms with Crippen molar-refractivity contribution in [3.05, 3.63) is 48.3 Å². The molecule has 1 aromatic heterocycles. The van der Waals surface area contributed by atoms with E-state index in [9.17, 15) is 4.79 Å². The van der Waals surface area contributed by atoms with Gasteiger partial charge in [-0.15, -0.1) is 12.4 Å². The summed E-state index contributed by atoms with van der Waals surface area (Å²) in [5.74, 6) is 2.23. The number of nitrogens with one attached hydrogen (secondary N) is 2. The highest BCUT2D eigenvalue weighted by Gasteiger charge is 2.19. The first-order valence-corrected chi connectivity index (χ1v) is 9.09. The van der Waals surface area contributed by atoms with Gasteiger partial charge in [0.05, 0.1) is 11.7 Å². The topological polar surface area (TPSA) is 59.0 Å². The van der Waals surface area contributed by atoms with Crippen LogP contribution in [0.4, 0.5) is 0 Å². The number of aromatic nitrogens is 2. The predicted octanol–water partition coefficient (Wildman–Crippen LogP) is 2.57. The molecule has 2 atom stereocenters. The summed E-state index contributed by atoms with van der Waals surface area (Å²) in [4.78, 5) is 12.3. The first kappa shape index (κ1) is 18.8. The highest BCUT2D eigenvalue weighted by molar-refractivity contribution is 7.99. The quantitative estimate of drug-likeness (QED) is 0.853. The number of benzene rings is 1. The molecule has 1 aliphatic heterocycles. The molecule has 2 aromatic rings. The van der Waals surface area contributed by atoms with E-state index in [2.05, 4.69) is 15.7 Å². The lowest BCUT2D eigenvalue weighted by molar-refractivity contribution is -0.122. The monoisotopic (exact) mass is 366 g/mol. The molecule has 3 rings (SSSR count). The summed E-state index contributed by atoms with van der Waals surface area (Å²) in [6.07, 6.45) is 4.20. The zero-order valence-corrected chi connectivity index (χ0v) is 15.3. The fourth-order valence-corrected chi connectivity index (χ4v) is 3.78. The third-order valence-corrected chi connectivity index (χ3v) is 5.09. The van der Waals surface area contributed by atoms with Crippen LogP contribution in [-0.4, -0.2) is 39.8 Å². The molecule has 5 nitrogen and oxygen atoms in total. The van der Waals surface area contributed by atoms with Crippen molar-refractivity contribution in [3.8, 4) is 5.69 Å². The standard InChI is InChI=1S/C17H22N4OS.ClH/c1-13(20-17(22)11-14-12-23-10-8-18-14)15-5-2-3-6-16(15)21-9-4-7-19-21;/h2-7,9,13-14,18H,8,10-12H2,1H3,(H,20,22);1H. The van der Waals surface area contributed by atoms with Gasteiger partial charge in [-0.3, -0.25) is 4.79 Å². The Hall–Kier alpha value is -1.50. The Morgan fingerprint density at radius 1 is 1.46 bits per heavy atom.